The fourth-order valence-corrected chi connectivity index (χ4v) is 3.51. The summed E-state index contributed by atoms with van der Waals surface area (Å²) in [4.78, 5) is 26.9. The Morgan fingerprint density at radius 1 is 1.06 bits per heavy atom. The van der Waals surface area contributed by atoms with Crippen molar-refractivity contribution in [1.29, 1.82) is 0 Å². The zero-order chi connectivity index (χ0) is 22.1. The van der Waals surface area contributed by atoms with E-state index in [1.807, 2.05) is 25.1 Å². The third-order valence-electron chi connectivity index (χ3n) is 5.10. The number of para-hydroxylation sites is 2. The van der Waals surface area contributed by atoms with Gasteiger partial charge in [-0.25, -0.2) is 0 Å². The molecular formula is C22H29N5O4. The standard InChI is InChI=1S/C22H29N5O4/c1-2-31-21-6-4-3-5-20(21)26-15-13-25(14-16-26)17-22(28)24-12-11-23-18-7-9-19(10-8-18)27(29)30/h3-10,23H,2,11-17H2,1H3,(H,24,28). The minimum atomic E-state index is -0.429. The Morgan fingerprint density at radius 3 is 2.45 bits per heavy atom. The van der Waals surface area contributed by atoms with E-state index in [4.69, 9.17) is 4.74 Å². The smallest absolute Gasteiger partial charge is 0.269 e. The molecule has 0 radical (unpaired) electrons. The highest BCUT2D eigenvalue weighted by Crippen LogP contribution is 2.28. The quantitative estimate of drug-likeness (QED) is 0.341. The van der Waals surface area contributed by atoms with Gasteiger partial charge in [0.15, 0.2) is 0 Å². The predicted octanol–water partition coefficient (Wildman–Crippen LogP) is 2.34. The van der Waals surface area contributed by atoms with Gasteiger partial charge in [0.05, 0.1) is 23.8 Å². The molecular weight excluding hydrogens is 398 g/mol. The van der Waals surface area contributed by atoms with Crippen LogP contribution >= 0.6 is 0 Å². The molecule has 2 aromatic rings. The zero-order valence-corrected chi connectivity index (χ0v) is 17.8. The Labute approximate surface area is 182 Å². The molecule has 1 saturated heterocycles. The van der Waals surface area contributed by atoms with Gasteiger partial charge < -0.3 is 20.3 Å². The van der Waals surface area contributed by atoms with Crippen LogP contribution in [0.15, 0.2) is 48.5 Å². The number of hydrogen-bond acceptors (Lipinski definition) is 7. The van der Waals surface area contributed by atoms with Gasteiger partial charge in [-0.2, -0.15) is 0 Å². The van der Waals surface area contributed by atoms with Gasteiger partial charge in [0.2, 0.25) is 5.91 Å². The average molecular weight is 428 g/mol. The van der Waals surface area contributed by atoms with Crippen molar-refractivity contribution >= 4 is 23.0 Å². The van der Waals surface area contributed by atoms with Crippen LogP contribution in [0.4, 0.5) is 17.1 Å². The molecule has 2 aromatic carbocycles. The van der Waals surface area contributed by atoms with E-state index in [2.05, 4.69) is 26.5 Å². The van der Waals surface area contributed by atoms with Gasteiger partial charge in [0, 0.05) is 57.1 Å². The number of rotatable bonds is 10. The van der Waals surface area contributed by atoms with Gasteiger partial charge in [-0.05, 0) is 31.2 Å². The third-order valence-corrected chi connectivity index (χ3v) is 5.10. The number of hydrogen-bond donors (Lipinski definition) is 2. The molecule has 1 heterocycles. The number of non-ortho nitro benzene ring substituents is 1. The molecule has 0 unspecified atom stereocenters. The normalized spacial score (nSPS) is 14.2. The molecule has 1 aliphatic heterocycles. The number of nitro groups is 1. The van der Waals surface area contributed by atoms with Crippen LogP contribution in [0.1, 0.15) is 6.92 Å². The molecule has 0 atom stereocenters. The molecule has 1 amide bonds. The Kier molecular flexibility index (Phi) is 8.05. The van der Waals surface area contributed by atoms with Gasteiger partial charge in [0.1, 0.15) is 5.75 Å². The lowest BCUT2D eigenvalue weighted by Crippen LogP contribution is -2.49. The molecule has 0 saturated carbocycles. The molecule has 2 N–H and O–H groups in total. The number of nitro benzene ring substituents is 1. The van der Waals surface area contributed by atoms with E-state index in [1.165, 1.54) is 12.1 Å². The summed E-state index contributed by atoms with van der Waals surface area (Å²) in [6, 6.07) is 14.3. The lowest BCUT2D eigenvalue weighted by atomic mass is 10.2. The van der Waals surface area contributed by atoms with Crippen molar-refractivity contribution in [2.45, 2.75) is 6.92 Å². The summed E-state index contributed by atoms with van der Waals surface area (Å²) in [6.07, 6.45) is 0. The van der Waals surface area contributed by atoms with Gasteiger partial charge in [-0.15, -0.1) is 0 Å². The van der Waals surface area contributed by atoms with E-state index in [0.717, 1.165) is 43.3 Å². The molecule has 0 spiro atoms. The maximum absolute atomic E-state index is 12.2. The van der Waals surface area contributed by atoms with Crippen LogP contribution in [0.5, 0.6) is 5.75 Å². The summed E-state index contributed by atoms with van der Waals surface area (Å²) >= 11 is 0. The average Bonchev–Trinajstić information content (AvgIpc) is 2.78. The highest BCUT2D eigenvalue weighted by atomic mass is 16.6. The van der Waals surface area contributed by atoms with Crippen LogP contribution in [0.2, 0.25) is 0 Å². The molecule has 0 aliphatic carbocycles. The van der Waals surface area contributed by atoms with Crippen molar-refractivity contribution in [1.82, 2.24) is 10.2 Å². The Balaban J connectivity index is 1.35. The number of carbonyl (C=O) groups is 1. The predicted molar refractivity (Wildman–Crippen MR) is 121 cm³/mol. The molecule has 3 rings (SSSR count). The second-order valence-corrected chi connectivity index (χ2v) is 7.24. The second kappa shape index (κ2) is 11.2. The molecule has 9 heteroatoms. The van der Waals surface area contributed by atoms with Crippen molar-refractivity contribution in [2.75, 3.05) is 62.6 Å². The summed E-state index contributed by atoms with van der Waals surface area (Å²) in [5.41, 5.74) is 1.94. The van der Waals surface area contributed by atoms with Crippen LogP contribution in [0.3, 0.4) is 0 Å². The lowest BCUT2D eigenvalue weighted by molar-refractivity contribution is -0.384. The first-order valence-electron chi connectivity index (χ1n) is 10.5. The molecule has 0 bridgehead atoms. The fraction of sp³-hybridized carbons (Fsp3) is 0.409. The van der Waals surface area contributed by atoms with Gasteiger partial charge in [0.25, 0.3) is 5.69 Å². The fourth-order valence-electron chi connectivity index (χ4n) is 3.51. The van der Waals surface area contributed by atoms with E-state index >= 15 is 0 Å². The molecule has 0 aromatic heterocycles. The second-order valence-electron chi connectivity index (χ2n) is 7.24. The summed E-state index contributed by atoms with van der Waals surface area (Å²) in [5.74, 6) is 0.894. The summed E-state index contributed by atoms with van der Waals surface area (Å²) in [5, 5.41) is 16.7. The number of nitrogens with zero attached hydrogens (tertiary/aromatic N) is 3. The minimum absolute atomic E-state index is 0.00586. The molecule has 31 heavy (non-hydrogen) atoms. The number of ether oxygens (including phenoxy) is 1. The maximum Gasteiger partial charge on any atom is 0.269 e. The van der Waals surface area contributed by atoms with Gasteiger partial charge in [-0.3, -0.25) is 19.8 Å². The zero-order valence-electron chi connectivity index (χ0n) is 17.8. The van der Waals surface area contributed by atoms with Gasteiger partial charge in [-0.1, -0.05) is 12.1 Å². The lowest BCUT2D eigenvalue weighted by Gasteiger charge is -2.36. The van der Waals surface area contributed by atoms with Crippen molar-refractivity contribution in [3.63, 3.8) is 0 Å². The number of nitrogens with one attached hydrogen (secondary N) is 2. The van der Waals surface area contributed by atoms with E-state index in [9.17, 15) is 14.9 Å². The van der Waals surface area contributed by atoms with Crippen LogP contribution in [-0.2, 0) is 4.79 Å². The number of piperazine rings is 1. The third kappa shape index (κ3) is 6.58. The number of anilines is 2. The SMILES string of the molecule is CCOc1ccccc1N1CCN(CC(=O)NCCNc2ccc([N+](=O)[O-])cc2)CC1. The number of benzene rings is 2. The van der Waals surface area contributed by atoms with E-state index in [-0.39, 0.29) is 11.6 Å². The molecule has 1 aliphatic rings. The van der Waals surface area contributed by atoms with Crippen LogP contribution in [0, 0.1) is 10.1 Å². The van der Waals surface area contributed by atoms with Crippen molar-refractivity contribution < 1.29 is 14.5 Å². The van der Waals surface area contributed by atoms with Crippen molar-refractivity contribution in [2.24, 2.45) is 0 Å². The summed E-state index contributed by atoms with van der Waals surface area (Å²) in [6.45, 7) is 7.34. The van der Waals surface area contributed by atoms with E-state index in [1.54, 1.807) is 12.1 Å². The Morgan fingerprint density at radius 2 is 1.77 bits per heavy atom. The summed E-state index contributed by atoms with van der Waals surface area (Å²) in [7, 11) is 0. The van der Waals surface area contributed by atoms with Crippen molar-refractivity contribution in [3.8, 4) is 5.75 Å². The van der Waals surface area contributed by atoms with Crippen molar-refractivity contribution in [3.05, 3.63) is 58.6 Å². The monoisotopic (exact) mass is 427 g/mol. The van der Waals surface area contributed by atoms with Crippen LogP contribution in [0.25, 0.3) is 0 Å². The van der Waals surface area contributed by atoms with Crippen LogP contribution < -0.4 is 20.3 Å². The first-order chi connectivity index (χ1) is 15.1. The maximum atomic E-state index is 12.2. The number of amides is 1. The summed E-state index contributed by atoms with van der Waals surface area (Å²) < 4.78 is 5.73. The van der Waals surface area contributed by atoms with E-state index < -0.39 is 4.92 Å². The molecule has 1 fully saturated rings. The Hall–Kier alpha value is -3.33. The first kappa shape index (κ1) is 22.4. The van der Waals surface area contributed by atoms with Crippen LogP contribution in [-0.4, -0.2) is 68.2 Å². The minimum Gasteiger partial charge on any atom is -0.492 e. The molecule has 166 valence electrons. The first-order valence-corrected chi connectivity index (χ1v) is 10.5. The topological polar surface area (TPSA) is 100.0 Å². The number of carbonyl (C=O) groups excluding carboxylic acids is 1. The van der Waals surface area contributed by atoms with E-state index in [0.29, 0.717) is 26.2 Å². The van der Waals surface area contributed by atoms with Gasteiger partial charge >= 0.3 is 0 Å². The largest absolute Gasteiger partial charge is 0.492 e. The highest BCUT2D eigenvalue weighted by Gasteiger charge is 2.21. The highest BCUT2D eigenvalue weighted by molar-refractivity contribution is 5.78. The Bertz CT molecular complexity index is 866. The molecule has 9 nitrogen and oxygen atoms in total.